The van der Waals surface area contributed by atoms with Crippen LogP contribution in [0.5, 0.6) is 11.5 Å². The summed E-state index contributed by atoms with van der Waals surface area (Å²) >= 11 is 0. The molecular weight excluding hydrogens is 260 g/mol. The smallest absolute Gasteiger partial charge is 0.373 e. The normalized spacial score (nSPS) is 10.8. The molecule has 0 spiro atoms. The third kappa shape index (κ3) is 2.87. The first-order valence-corrected chi connectivity index (χ1v) is 6.50. The lowest BCUT2D eigenvalue weighted by atomic mass is 10.2. The maximum atomic E-state index is 11.5. The molecule has 5 nitrogen and oxygen atoms in total. The molecule has 0 atom stereocenters. The first-order valence-electron chi connectivity index (χ1n) is 6.50. The van der Waals surface area contributed by atoms with Crippen LogP contribution in [0, 0.1) is 0 Å². The molecule has 20 heavy (non-hydrogen) atoms. The summed E-state index contributed by atoms with van der Waals surface area (Å²) in [6, 6.07) is 5.15. The van der Waals surface area contributed by atoms with Crippen molar-refractivity contribution in [3.63, 3.8) is 0 Å². The summed E-state index contributed by atoms with van der Waals surface area (Å²) in [4.78, 5) is 11.5. The molecule has 0 unspecified atom stereocenters. The average molecular weight is 278 g/mol. The average Bonchev–Trinajstić information content (AvgIpc) is 2.81. The summed E-state index contributed by atoms with van der Waals surface area (Å²) in [7, 11) is 1.31. The second-order valence-electron chi connectivity index (χ2n) is 4.54. The molecule has 2 rings (SSSR count). The number of ether oxygens (including phenoxy) is 3. The monoisotopic (exact) mass is 278 g/mol. The Labute approximate surface area is 117 Å². The van der Waals surface area contributed by atoms with E-state index in [1.165, 1.54) is 7.11 Å². The number of methoxy groups -OCH3 is 1. The highest BCUT2D eigenvalue weighted by atomic mass is 16.5. The molecule has 108 valence electrons. The molecule has 0 bridgehead atoms. The zero-order valence-corrected chi connectivity index (χ0v) is 12.1. The molecule has 0 saturated heterocycles. The van der Waals surface area contributed by atoms with Crippen molar-refractivity contribution in [2.24, 2.45) is 0 Å². The molecule has 0 N–H and O–H groups in total. The van der Waals surface area contributed by atoms with E-state index in [1.54, 1.807) is 18.2 Å². The minimum absolute atomic E-state index is 0.0389. The van der Waals surface area contributed by atoms with E-state index in [2.05, 4.69) is 4.74 Å². The van der Waals surface area contributed by atoms with Gasteiger partial charge in [0, 0.05) is 18.2 Å². The van der Waals surface area contributed by atoms with E-state index in [4.69, 9.17) is 13.9 Å². The van der Waals surface area contributed by atoms with Crippen LogP contribution in [0.2, 0.25) is 0 Å². The van der Waals surface area contributed by atoms with Crippen molar-refractivity contribution >= 4 is 16.9 Å². The highest BCUT2D eigenvalue weighted by Crippen LogP contribution is 2.34. The number of carbonyl (C=O) groups excluding carboxylic acids is 1. The molecule has 5 heteroatoms. The molecule has 1 aromatic carbocycles. The van der Waals surface area contributed by atoms with Gasteiger partial charge in [-0.05, 0) is 20.8 Å². The number of hydrogen-bond acceptors (Lipinski definition) is 5. The Morgan fingerprint density at radius 2 is 2.05 bits per heavy atom. The number of benzene rings is 1. The predicted octanol–water partition coefficient (Wildman–Crippen LogP) is 3.41. The summed E-state index contributed by atoms with van der Waals surface area (Å²) in [5.74, 6) is 0.890. The van der Waals surface area contributed by atoms with Crippen LogP contribution in [-0.2, 0) is 4.74 Å². The summed E-state index contributed by atoms with van der Waals surface area (Å²) in [5, 5.41) is 0.725. The van der Waals surface area contributed by atoms with E-state index in [1.807, 2.05) is 20.8 Å². The number of furan rings is 1. The number of rotatable bonds is 5. The lowest BCUT2D eigenvalue weighted by Gasteiger charge is -2.11. The van der Waals surface area contributed by atoms with E-state index < -0.39 is 5.97 Å². The first-order chi connectivity index (χ1) is 9.55. The fraction of sp³-hybridized carbons (Fsp3) is 0.400. The lowest BCUT2D eigenvalue weighted by Crippen LogP contribution is -2.05. The van der Waals surface area contributed by atoms with Gasteiger partial charge in [-0.15, -0.1) is 0 Å². The molecule has 1 heterocycles. The SMILES string of the molecule is CCOc1cc(OC(C)C)cc2oc(C(=O)OC)cc12. The molecule has 0 radical (unpaired) electrons. The van der Waals surface area contributed by atoms with Gasteiger partial charge in [-0.25, -0.2) is 4.79 Å². The second kappa shape index (κ2) is 5.86. The van der Waals surface area contributed by atoms with Crippen molar-refractivity contribution in [2.45, 2.75) is 26.9 Å². The number of hydrogen-bond donors (Lipinski definition) is 0. The van der Waals surface area contributed by atoms with E-state index >= 15 is 0 Å². The minimum atomic E-state index is -0.519. The molecule has 2 aromatic rings. The highest BCUT2D eigenvalue weighted by molar-refractivity contribution is 5.95. The van der Waals surface area contributed by atoms with Gasteiger partial charge in [-0.2, -0.15) is 0 Å². The molecule has 0 aliphatic rings. The molecule has 0 aliphatic heterocycles. The molecular formula is C15H18O5. The topological polar surface area (TPSA) is 57.9 Å². The van der Waals surface area contributed by atoms with Gasteiger partial charge in [0.1, 0.15) is 17.1 Å². The predicted molar refractivity (Wildman–Crippen MR) is 74.5 cm³/mol. The van der Waals surface area contributed by atoms with E-state index in [-0.39, 0.29) is 11.9 Å². The Bertz CT molecular complexity index is 612. The molecule has 0 saturated carbocycles. The van der Waals surface area contributed by atoms with Crippen LogP contribution in [-0.4, -0.2) is 25.8 Å². The first kappa shape index (κ1) is 14.2. The van der Waals surface area contributed by atoms with Crippen molar-refractivity contribution in [1.82, 2.24) is 0 Å². The van der Waals surface area contributed by atoms with Gasteiger partial charge in [0.05, 0.1) is 25.2 Å². The fourth-order valence-corrected chi connectivity index (χ4v) is 1.90. The van der Waals surface area contributed by atoms with Crippen LogP contribution >= 0.6 is 0 Å². The minimum Gasteiger partial charge on any atom is -0.493 e. The standard InChI is InChI=1S/C15H18O5/c1-5-18-12-6-10(19-9(2)3)7-13-11(12)8-14(20-13)15(16)17-4/h6-9H,5H2,1-4H3. The Morgan fingerprint density at radius 3 is 2.65 bits per heavy atom. The highest BCUT2D eigenvalue weighted by Gasteiger charge is 2.17. The summed E-state index contributed by atoms with van der Waals surface area (Å²) in [6.45, 7) is 6.28. The maximum Gasteiger partial charge on any atom is 0.373 e. The van der Waals surface area contributed by atoms with E-state index in [9.17, 15) is 4.79 Å². The second-order valence-corrected chi connectivity index (χ2v) is 4.54. The van der Waals surface area contributed by atoms with Gasteiger partial charge < -0.3 is 18.6 Å². The van der Waals surface area contributed by atoms with Crippen LogP contribution in [0.3, 0.4) is 0 Å². The number of carbonyl (C=O) groups is 1. The van der Waals surface area contributed by atoms with Crippen LogP contribution in [0.1, 0.15) is 31.3 Å². The van der Waals surface area contributed by atoms with Crippen molar-refractivity contribution in [1.29, 1.82) is 0 Å². The largest absolute Gasteiger partial charge is 0.493 e. The maximum absolute atomic E-state index is 11.5. The molecule has 0 fully saturated rings. The van der Waals surface area contributed by atoms with Gasteiger partial charge in [-0.1, -0.05) is 0 Å². The Kier molecular flexibility index (Phi) is 4.17. The lowest BCUT2D eigenvalue weighted by molar-refractivity contribution is 0.0567. The Hall–Kier alpha value is -2.17. The third-order valence-electron chi connectivity index (χ3n) is 2.63. The number of esters is 1. The van der Waals surface area contributed by atoms with E-state index in [0.717, 1.165) is 5.39 Å². The van der Waals surface area contributed by atoms with Gasteiger partial charge in [0.25, 0.3) is 0 Å². The quantitative estimate of drug-likeness (QED) is 0.784. The van der Waals surface area contributed by atoms with Crippen LogP contribution in [0.25, 0.3) is 11.0 Å². The van der Waals surface area contributed by atoms with Crippen molar-refractivity contribution in [3.8, 4) is 11.5 Å². The zero-order valence-electron chi connectivity index (χ0n) is 12.1. The van der Waals surface area contributed by atoms with Crippen LogP contribution in [0.4, 0.5) is 0 Å². The number of fused-ring (bicyclic) bond motifs is 1. The zero-order chi connectivity index (χ0) is 14.7. The third-order valence-corrected chi connectivity index (χ3v) is 2.63. The summed E-state index contributed by atoms with van der Waals surface area (Å²) in [6.07, 6.45) is 0.0389. The van der Waals surface area contributed by atoms with Gasteiger partial charge >= 0.3 is 5.97 Å². The van der Waals surface area contributed by atoms with Crippen LogP contribution in [0.15, 0.2) is 22.6 Å². The molecule has 1 aromatic heterocycles. The van der Waals surface area contributed by atoms with E-state index in [0.29, 0.717) is 23.7 Å². The van der Waals surface area contributed by atoms with Gasteiger partial charge in [0.2, 0.25) is 5.76 Å². The Balaban J connectivity index is 2.52. The van der Waals surface area contributed by atoms with Crippen molar-refractivity contribution < 1.29 is 23.4 Å². The summed E-state index contributed by atoms with van der Waals surface area (Å²) in [5.41, 5.74) is 0.534. The Morgan fingerprint density at radius 1 is 1.30 bits per heavy atom. The fourth-order valence-electron chi connectivity index (χ4n) is 1.90. The molecule has 0 amide bonds. The molecule has 0 aliphatic carbocycles. The van der Waals surface area contributed by atoms with Gasteiger partial charge in [0.15, 0.2) is 0 Å². The van der Waals surface area contributed by atoms with Gasteiger partial charge in [-0.3, -0.25) is 0 Å². The summed E-state index contributed by atoms with van der Waals surface area (Å²) < 4.78 is 21.4. The van der Waals surface area contributed by atoms with Crippen LogP contribution < -0.4 is 9.47 Å². The van der Waals surface area contributed by atoms with Crippen molar-refractivity contribution in [2.75, 3.05) is 13.7 Å². The van der Waals surface area contributed by atoms with Crippen molar-refractivity contribution in [3.05, 3.63) is 24.0 Å².